The van der Waals surface area contributed by atoms with Crippen LogP contribution in [0, 0.1) is 0 Å². The molecule has 3 rings (SSSR count). The number of carboxylic acid groups (broad SMARTS) is 1. The largest absolute Gasteiger partial charge is 0.478 e. The van der Waals surface area contributed by atoms with Gasteiger partial charge in [0.25, 0.3) is 0 Å². The minimum Gasteiger partial charge on any atom is -0.478 e. The van der Waals surface area contributed by atoms with E-state index in [0.29, 0.717) is 11.3 Å². The van der Waals surface area contributed by atoms with E-state index in [1.165, 1.54) is 17.1 Å². The molecular formula is C15H12F2N2O2. The van der Waals surface area contributed by atoms with E-state index in [-0.39, 0.29) is 17.8 Å². The van der Waals surface area contributed by atoms with E-state index in [1.807, 2.05) is 6.07 Å². The summed E-state index contributed by atoms with van der Waals surface area (Å²) in [6.45, 7) is -2.47. The van der Waals surface area contributed by atoms with Crippen molar-refractivity contribution in [1.29, 1.82) is 0 Å². The van der Waals surface area contributed by atoms with Crippen LogP contribution in [0.3, 0.4) is 0 Å². The topological polar surface area (TPSA) is 43.8 Å². The van der Waals surface area contributed by atoms with E-state index in [2.05, 4.69) is 0 Å². The summed E-state index contributed by atoms with van der Waals surface area (Å²) in [7, 11) is 0. The van der Waals surface area contributed by atoms with Crippen LogP contribution in [0.5, 0.6) is 0 Å². The second-order valence-electron chi connectivity index (χ2n) is 4.66. The summed E-state index contributed by atoms with van der Waals surface area (Å²) in [6.07, 6.45) is 0. The van der Waals surface area contributed by atoms with E-state index in [0.717, 1.165) is 5.01 Å². The van der Waals surface area contributed by atoms with E-state index in [4.69, 9.17) is 5.11 Å². The molecule has 0 fully saturated rings. The maximum atomic E-state index is 13.4. The summed E-state index contributed by atoms with van der Waals surface area (Å²) in [5, 5.41) is 11.3. The van der Waals surface area contributed by atoms with E-state index in [9.17, 15) is 13.6 Å². The van der Waals surface area contributed by atoms with Crippen LogP contribution in [-0.4, -0.2) is 17.6 Å². The van der Waals surface area contributed by atoms with Gasteiger partial charge >= 0.3 is 12.5 Å². The third kappa shape index (κ3) is 2.29. The van der Waals surface area contributed by atoms with Crippen molar-refractivity contribution in [3.8, 4) is 0 Å². The van der Waals surface area contributed by atoms with Crippen molar-refractivity contribution >= 4 is 17.3 Å². The predicted octanol–water partition coefficient (Wildman–Crippen LogP) is 3.35. The molecule has 0 atom stereocenters. The van der Waals surface area contributed by atoms with Crippen LogP contribution in [0.15, 0.2) is 48.5 Å². The minimum absolute atomic E-state index is 0.00527. The monoisotopic (exact) mass is 290 g/mol. The summed E-state index contributed by atoms with van der Waals surface area (Å²) in [5.41, 5.74) is 1.53. The molecule has 1 N–H and O–H groups in total. The fourth-order valence-corrected chi connectivity index (χ4v) is 2.44. The zero-order valence-electron chi connectivity index (χ0n) is 10.9. The summed E-state index contributed by atoms with van der Waals surface area (Å²) < 4.78 is 26.8. The van der Waals surface area contributed by atoms with Gasteiger partial charge in [-0.05, 0) is 29.8 Å². The fourth-order valence-electron chi connectivity index (χ4n) is 2.44. The van der Waals surface area contributed by atoms with Crippen molar-refractivity contribution in [2.24, 2.45) is 0 Å². The van der Waals surface area contributed by atoms with Crippen molar-refractivity contribution in [1.82, 2.24) is 0 Å². The highest BCUT2D eigenvalue weighted by molar-refractivity contribution is 5.89. The highest BCUT2D eigenvalue weighted by atomic mass is 19.3. The fraction of sp³-hybridized carbons (Fsp3) is 0.133. The molecule has 0 aromatic heterocycles. The lowest BCUT2D eigenvalue weighted by molar-refractivity contribution is 0.0696. The molecule has 0 saturated heterocycles. The summed E-state index contributed by atoms with van der Waals surface area (Å²) in [4.78, 5) is 11.0. The number of carboxylic acids is 1. The molecule has 1 aliphatic rings. The van der Waals surface area contributed by atoms with Crippen LogP contribution in [0.4, 0.5) is 20.2 Å². The average Bonchev–Trinajstić information content (AvgIpc) is 2.86. The van der Waals surface area contributed by atoms with Crippen LogP contribution in [0.25, 0.3) is 0 Å². The SMILES string of the molecule is O=C(O)c1ccc2c(c1)N(C(F)F)N(c1ccccc1)C2. The summed E-state index contributed by atoms with van der Waals surface area (Å²) in [6, 6.07) is 13.1. The number of halogens is 2. The van der Waals surface area contributed by atoms with Gasteiger partial charge in [-0.15, -0.1) is 0 Å². The van der Waals surface area contributed by atoms with Gasteiger partial charge in [0.15, 0.2) is 0 Å². The molecular weight excluding hydrogens is 278 g/mol. The zero-order valence-corrected chi connectivity index (χ0v) is 10.9. The first-order valence-corrected chi connectivity index (χ1v) is 6.34. The number of anilines is 2. The molecule has 2 aromatic rings. The minimum atomic E-state index is -2.75. The predicted molar refractivity (Wildman–Crippen MR) is 74.5 cm³/mol. The van der Waals surface area contributed by atoms with Crippen LogP contribution < -0.4 is 10.0 Å². The molecule has 0 unspecified atom stereocenters. The maximum Gasteiger partial charge on any atom is 0.335 e. The van der Waals surface area contributed by atoms with Gasteiger partial charge in [-0.25, -0.2) is 9.80 Å². The summed E-state index contributed by atoms with van der Waals surface area (Å²) in [5.74, 6) is -1.13. The molecule has 1 heterocycles. The second kappa shape index (κ2) is 5.05. The van der Waals surface area contributed by atoms with Crippen molar-refractivity contribution in [2.45, 2.75) is 13.1 Å². The lowest BCUT2D eigenvalue weighted by Crippen LogP contribution is -2.41. The third-order valence-electron chi connectivity index (χ3n) is 3.40. The van der Waals surface area contributed by atoms with E-state index < -0.39 is 12.5 Å². The Labute approximate surface area is 119 Å². The first-order valence-electron chi connectivity index (χ1n) is 6.34. The molecule has 2 aromatic carbocycles. The molecule has 1 aliphatic heterocycles. The van der Waals surface area contributed by atoms with E-state index >= 15 is 0 Å². The third-order valence-corrected chi connectivity index (χ3v) is 3.40. The van der Waals surface area contributed by atoms with E-state index in [1.54, 1.807) is 30.3 Å². The van der Waals surface area contributed by atoms with Gasteiger partial charge in [-0.1, -0.05) is 24.3 Å². The Morgan fingerprint density at radius 3 is 2.48 bits per heavy atom. The van der Waals surface area contributed by atoms with Crippen molar-refractivity contribution in [3.05, 3.63) is 59.7 Å². The molecule has 0 bridgehead atoms. The standard InChI is InChI=1S/C15H12F2N2O2/c16-15(17)19-13-8-10(14(20)21)6-7-11(13)9-18(19)12-4-2-1-3-5-12/h1-8,15H,9H2,(H,20,21). The van der Waals surface area contributed by atoms with Crippen LogP contribution in [-0.2, 0) is 6.54 Å². The normalized spacial score (nSPS) is 13.7. The number of benzene rings is 2. The highest BCUT2D eigenvalue weighted by Gasteiger charge is 2.33. The Morgan fingerprint density at radius 1 is 1.14 bits per heavy atom. The number of para-hydroxylation sites is 1. The number of carbonyl (C=O) groups is 1. The molecule has 4 nitrogen and oxygen atoms in total. The molecule has 108 valence electrons. The second-order valence-corrected chi connectivity index (χ2v) is 4.66. The van der Waals surface area contributed by atoms with Gasteiger partial charge in [-0.3, -0.25) is 5.01 Å². The molecule has 0 radical (unpaired) electrons. The van der Waals surface area contributed by atoms with Crippen molar-refractivity contribution in [2.75, 3.05) is 10.0 Å². The lowest BCUT2D eigenvalue weighted by atomic mass is 10.1. The highest BCUT2D eigenvalue weighted by Crippen LogP contribution is 2.37. The van der Waals surface area contributed by atoms with Crippen LogP contribution in [0.2, 0.25) is 0 Å². The molecule has 0 amide bonds. The Balaban J connectivity index is 2.06. The Morgan fingerprint density at radius 2 is 1.86 bits per heavy atom. The van der Waals surface area contributed by atoms with Gasteiger partial charge in [0.2, 0.25) is 0 Å². The van der Waals surface area contributed by atoms with Gasteiger partial charge < -0.3 is 5.11 Å². The van der Waals surface area contributed by atoms with Crippen molar-refractivity contribution in [3.63, 3.8) is 0 Å². The number of aromatic carboxylic acids is 1. The number of hydrogen-bond acceptors (Lipinski definition) is 3. The average molecular weight is 290 g/mol. The first-order chi connectivity index (χ1) is 10.1. The molecule has 0 saturated carbocycles. The lowest BCUT2D eigenvalue weighted by Gasteiger charge is -2.31. The number of alkyl halides is 2. The van der Waals surface area contributed by atoms with Gasteiger partial charge in [-0.2, -0.15) is 8.78 Å². The molecule has 6 heteroatoms. The maximum absolute atomic E-state index is 13.4. The van der Waals surface area contributed by atoms with Gasteiger partial charge in [0, 0.05) is 0 Å². The van der Waals surface area contributed by atoms with Crippen LogP contribution >= 0.6 is 0 Å². The number of hydrazine groups is 1. The smallest absolute Gasteiger partial charge is 0.335 e. The van der Waals surface area contributed by atoms with Crippen LogP contribution in [0.1, 0.15) is 15.9 Å². The molecule has 21 heavy (non-hydrogen) atoms. The molecule has 0 spiro atoms. The first kappa shape index (κ1) is 13.4. The molecule has 0 aliphatic carbocycles. The number of fused-ring (bicyclic) bond motifs is 1. The number of rotatable bonds is 3. The Kier molecular flexibility index (Phi) is 3.21. The number of hydrogen-bond donors (Lipinski definition) is 1. The quantitative estimate of drug-likeness (QED) is 0.880. The van der Waals surface area contributed by atoms with Crippen molar-refractivity contribution < 1.29 is 18.7 Å². The summed E-state index contributed by atoms with van der Waals surface area (Å²) >= 11 is 0. The Bertz CT molecular complexity index is 677. The number of nitrogens with zero attached hydrogens (tertiary/aromatic N) is 2. The zero-order chi connectivity index (χ0) is 15.0. The Hall–Kier alpha value is -2.63. The van der Waals surface area contributed by atoms with Gasteiger partial charge in [0.1, 0.15) is 0 Å². The van der Waals surface area contributed by atoms with Gasteiger partial charge in [0.05, 0.1) is 23.5 Å².